The monoisotopic (exact) mass is 303 g/mol. The van der Waals surface area contributed by atoms with Gasteiger partial charge in [-0.2, -0.15) is 0 Å². The molecule has 19 heavy (non-hydrogen) atoms. The fraction of sp³-hybridized carbons (Fsp3) is 0.714. The second kappa shape index (κ2) is 6.10. The number of nitrogens with one attached hydrogen (secondary N) is 1. The van der Waals surface area contributed by atoms with Gasteiger partial charge in [-0.05, 0) is 38.3 Å². The molecule has 0 aromatic carbocycles. The van der Waals surface area contributed by atoms with Gasteiger partial charge in [0.05, 0.1) is 10.9 Å². The van der Waals surface area contributed by atoms with Crippen LogP contribution in [0.1, 0.15) is 42.7 Å². The second-order valence-electron chi connectivity index (χ2n) is 5.66. The van der Waals surface area contributed by atoms with Gasteiger partial charge in [0.25, 0.3) is 0 Å². The molecule has 1 aromatic heterocycles. The van der Waals surface area contributed by atoms with Crippen LogP contribution in [0.3, 0.4) is 0 Å². The number of thiophene rings is 1. The van der Waals surface area contributed by atoms with Crippen molar-refractivity contribution in [2.75, 3.05) is 13.2 Å². The summed E-state index contributed by atoms with van der Waals surface area (Å²) < 4.78 is 0.674. The van der Waals surface area contributed by atoms with Crippen molar-refractivity contribution in [2.24, 2.45) is 0 Å². The highest BCUT2D eigenvalue weighted by Crippen LogP contribution is 2.45. The molecule has 0 radical (unpaired) electrons. The largest absolute Gasteiger partial charge is 0.396 e. The molecule has 2 heterocycles. The summed E-state index contributed by atoms with van der Waals surface area (Å²) in [4.78, 5) is 1.25. The van der Waals surface area contributed by atoms with Crippen LogP contribution in [0.15, 0.2) is 0 Å². The van der Waals surface area contributed by atoms with E-state index in [0.717, 1.165) is 30.5 Å². The van der Waals surface area contributed by atoms with E-state index in [1.165, 1.54) is 4.88 Å². The fourth-order valence-electron chi connectivity index (χ4n) is 3.14. The summed E-state index contributed by atoms with van der Waals surface area (Å²) in [7, 11) is 0. The maximum atomic E-state index is 9.50. The van der Waals surface area contributed by atoms with Gasteiger partial charge in [-0.25, -0.2) is 0 Å². The highest BCUT2D eigenvalue weighted by molar-refractivity contribution is 7.16. The zero-order chi connectivity index (χ0) is 14.0. The molecule has 2 rings (SSSR count). The van der Waals surface area contributed by atoms with Crippen LogP contribution in [0.4, 0.5) is 0 Å². The maximum absolute atomic E-state index is 9.50. The van der Waals surface area contributed by atoms with Crippen molar-refractivity contribution in [3.63, 3.8) is 0 Å². The van der Waals surface area contributed by atoms with Crippen molar-refractivity contribution in [1.29, 1.82) is 0 Å². The van der Waals surface area contributed by atoms with E-state index in [9.17, 15) is 10.2 Å². The van der Waals surface area contributed by atoms with E-state index in [4.69, 9.17) is 11.6 Å². The highest BCUT2D eigenvalue weighted by atomic mass is 35.5. The van der Waals surface area contributed by atoms with Crippen LogP contribution in [0.25, 0.3) is 0 Å². The Labute approximate surface area is 123 Å². The summed E-state index contributed by atoms with van der Waals surface area (Å²) in [5.41, 5.74) is 1.97. The van der Waals surface area contributed by atoms with E-state index >= 15 is 0 Å². The molecule has 1 fully saturated rings. The van der Waals surface area contributed by atoms with Crippen molar-refractivity contribution >= 4 is 22.9 Å². The molecule has 3 nitrogen and oxygen atoms in total. The first-order valence-electron chi connectivity index (χ1n) is 6.77. The Bertz CT molecular complexity index is 449. The molecule has 0 spiro atoms. The molecule has 5 heteroatoms. The van der Waals surface area contributed by atoms with E-state index in [0.29, 0.717) is 16.8 Å². The maximum Gasteiger partial charge on any atom is 0.0989 e. The molecule has 1 aliphatic heterocycles. The fourth-order valence-corrected chi connectivity index (χ4v) is 4.82. The quantitative estimate of drug-likeness (QED) is 0.801. The normalized spacial score (nSPS) is 27.7. The molecule has 3 N–H and O–H groups in total. The standard InChI is InChI=1S/C14H22ClNO2S/c1-9-7-14(2,4-5-16-9)12-10(3-6-17)11(8-18)13(15)19-12/h9,16-18H,3-8H2,1-2H3/t9-,14-/m0/s1. The Balaban J connectivity index is 2.42. The predicted molar refractivity (Wildman–Crippen MR) is 80.1 cm³/mol. The molecule has 108 valence electrons. The van der Waals surface area contributed by atoms with Crippen molar-refractivity contribution in [1.82, 2.24) is 5.32 Å². The van der Waals surface area contributed by atoms with Crippen LogP contribution >= 0.6 is 22.9 Å². The van der Waals surface area contributed by atoms with Crippen LogP contribution in [-0.4, -0.2) is 29.4 Å². The molecule has 0 aliphatic carbocycles. The topological polar surface area (TPSA) is 52.5 Å². The first kappa shape index (κ1) is 15.3. The average Bonchev–Trinajstić information content (AvgIpc) is 2.66. The van der Waals surface area contributed by atoms with Gasteiger partial charge >= 0.3 is 0 Å². The molecule has 0 saturated carbocycles. The zero-order valence-corrected chi connectivity index (χ0v) is 13.1. The summed E-state index contributed by atoms with van der Waals surface area (Å²) in [5, 5.41) is 22.2. The minimum atomic E-state index is -0.0471. The molecule has 2 atom stereocenters. The van der Waals surface area contributed by atoms with Gasteiger partial charge in [-0.3, -0.25) is 0 Å². The smallest absolute Gasteiger partial charge is 0.0989 e. The summed E-state index contributed by atoms with van der Waals surface area (Å²) in [6, 6.07) is 0.485. The van der Waals surface area contributed by atoms with Gasteiger partial charge < -0.3 is 15.5 Å². The van der Waals surface area contributed by atoms with Crippen LogP contribution in [0, 0.1) is 0 Å². The van der Waals surface area contributed by atoms with Crippen molar-refractivity contribution in [3.05, 3.63) is 20.3 Å². The first-order chi connectivity index (χ1) is 9.01. The number of aliphatic hydroxyl groups excluding tert-OH is 2. The van der Waals surface area contributed by atoms with E-state index in [2.05, 4.69) is 19.2 Å². The zero-order valence-electron chi connectivity index (χ0n) is 11.5. The van der Waals surface area contributed by atoms with Crippen LogP contribution in [-0.2, 0) is 18.4 Å². The van der Waals surface area contributed by atoms with Gasteiger partial charge in [-0.1, -0.05) is 18.5 Å². The second-order valence-corrected chi connectivity index (χ2v) is 7.29. The molecular weight excluding hydrogens is 282 g/mol. The number of aliphatic hydroxyl groups is 2. The molecular formula is C14H22ClNO2S. The van der Waals surface area contributed by atoms with Gasteiger partial charge in [-0.15, -0.1) is 11.3 Å². The van der Waals surface area contributed by atoms with Gasteiger partial charge in [0.15, 0.2) is 0 Å². The lowest BCUT2D eigenvalue weighted by Gasteiger charge is -2.38. The Morgan fingerprint density at radius 3 is 2.74 bits per heavy atom. The summed E-state index contributed by atoms with van der Waals surface area (Å²) >= 11 is 7.84. The van der Waals surface area contributed by atoms with Crippen molar-refractivity contribution in [3.8, 4) is 0 Å². The molecule has 1 aromatic rings. The highest BCUT2D eigenvalue weighted by Gasteiger charge is 2.36. The molecule has 1 saturated heterocycles. The van der Waals surface area contributed by atoms with E-state index < -0.39 is 0 Å². The van der Waals surface area contributed by atoms with Gasteiger partial charge in [0.1, 0.15) is 0 Å². The molecule has 0 bridgehead atoms. The lowest BCUT2D eigenvalue weighted by Crippen LogP contribution is -2.43. The van der Waals surface area contributed by atoms with Crippen LogP contribution < -0.4 is 5.32 Å². The number of piperidine rings is 1. The lowest BCUT2D eigenvalue weighted by atomic mass is 9.75. The van der Waals surface area contributed by atoms with Crippen molar-refractivity contribution in [2.45, 2.75) is 51.2 Å². The van der Waals surface area contributed by atoms with E-state index in [-0.39, 0.29) is 18.6 Å². The van der Waals surface area contributed by atoms with E-state index in [1.54, 1.807) is 11.3 Å². The number of rotatable bonds is 4. The van der Waals surface area contributed by atoms with Gasteiger partial charge in [0.2, 0.25) is 0 Å². The SMILES string of the molecule is C[C@H]1C[C@@](C)(c2sc(Cl)c(CO)c2CCO)CCN1. The summed E-state index contributed by atoms with van der Waals surface area (Å²) in [5.74, 6) is 0. The number of hydrogen-bond acceptors (Lipinski definition) is 4. The van der Waals surface area contributed by atoms with Crippen LogP contribution in [0.5, 0.6) is 0 Å². The first-order valence-corrected chi connectivity index (χ1v) is 7.97. The summed E-state index contributed by atoms with van der Waals surface area (Å²) in [6.45, 7) is 5.52. The van der Waals surface area contributed by atoms with Gasteiger partial charge in [0, 0.05) is 28.5 Å². The Kier molecular flexibility index (Phi) is 4.90. The average molecular weight is 304 g/mol. The number of halogens is 1. The Morgan fingerprint density at radius 2 is 2.16 bits per heavy atom. The third-order valence-electron chi connectivity index (χ3n) is 4.06. The van der Waals surface area contributed by atoms with E-state index in [1.807, 2.05) is 0 Å². The minimum absolute atomic E-state index is 0.0471. The number of hydrogen-bond donors (Lipinski definition) is 3. The lowest BCUT2D eigenvalue weighted by molar-refractivity contribution is 0.270. The Hall–Kier alpha value is -0.130. The minimum Gasteiger partial charge on any atom is -0.396 e. The predicted octanol–water partition coefficient (Wildman–Crippen LogP) is 2.46. The third-order valence-corrected chi connectivity index (χ3v) is 5.89. The Morgan fingerprint density at radius 1 is 1.42 bits per heavy atom. The van der Waals surface area contributed by atoms with Crippen molar-refractivity contribution < 1.29 is 10.2 Å². The van der Waals surface area contributed by atoms with Crippen LogP contribution in [0.2, 0.25) is 4.34 Å². The molecule has 1 aliphatic rings. The molecule has 0 unspecified atom stereocenters. The molecule has 0 amide bonds. The summed E-state index contributed by atoms with van der Waals surface area (Å²) in [6.07, 6.45) is 2.70. The third kappa shape index (κ3) is 2.98.